The first kappa shape index (κ1) is 11.5. The highest BCUT2D eigenvalue weighted by atomic mass is 127. The third-order valence-electron chi connectivity index (χ3n) is 2.27. The van der Waals surface area contributed by atoms with E-state index in [1.54, 1.807) is 30.1 Å². The molecule has 1 aromatic heterocycles. The van der Waals surface area contributed by atoms with E-state index in [0.717, 1.165) is 0 Å². The molecule has 0 aliphatic heterocycles. The van der Waals surface area contributed by atoms with Crippen molar-refractivity contribution in [1.82, 2.24) is 9.78 Å². The fourth-order valence-electron chi connectivity index (χ4n) is 1.46. The third-order valence-corrected chi connectivity index (χ3v) is 3.21. The summed E-state index contributed by atoms with van der Waals surface area (Å²) in [6.45, 7) is 0. The van der Waals surface area contributed by atoms with Crippen LogP contribution in [0.15, 0.2) is 30.5 Å². The van der Waals surface area contributed by atoms with Gasteiger partial charge < -0.3 is 5.11 Å². The van der Waals surface area contributed by atoms with Crippen LogP contribution in [0, 0.1) is 9.39 Å². The van der Waals surface area contributed by atoms with Crippen LogP contribution in [-0.4, -0.2) is 14.9 Å². The number of aliphatic hydroxyl groups is 1. The third kappa shape index (κ3) is 2.25. The van der Waals surface area contributed by atoms with Crippen LogP contribution in [0.5, 0.6) is 0 Å². The topological polar surface area (TPSA) is 38.0 Å². The summed E-state index contributed by atoms with van der Waals surface area (Å²) in [6.07, 6.45) is 0.947. The highest BCUT2D eigenvalue weighted by Crippen LogP contribution is 2.25. The van der Waals surface area contributed by atoms with Gasteiger partial charge in [0.15, 0.2) is 0 Å². The van der Waals surface area contributed by atoms with Crippen LogP contribution in [0.3, 0.4) is 0 Å². The summed E-state index contributed by atoms with van der Waals surface area (Å²) in [5, 5.41) is 14.2. The van der Waals surface area contributed by atoms with Gasteiger partial charge in [0.1, 0.15) is 11.9 Å². The van der Waals surface area contributed by atoms with Crippen molar-refractivity contribution in [3.05, 3.63) is 51.1 Å². The first-order valence-electron chi connectivity index (χ1n) is 4.70. The van der Waals surface area contributed by atoms with E-state index in [1.807, 2.05) is 22.6 Å². The van der Waals surface area contributed by atoms with Crippen LogP contribution in [0.2, 0.25) is 0 Å². The summed E-state index contributed by atoms with van der Waals surface area (Å²) in [5.74, 6) is -0.304. The quantitative estimate of drug-likeness (QED) is 0.857. The van der Waals surface area contributed by atoms with E-state index in [0.29, 0.717) is 14.8 Å². The van der Waals surface area contributed by atoms with E-state index < -0.39 is 6.10 Å². The molecule has 1 aromatic carbocycles. The normalized spacial score (nSPS) is 12.8. The molecule has 1 atom stereocenters. The molecule has 5 heteroatoms. The van der Waals surface area contributed by atoms with Crippen molar-refractivity contribution in [3.63, 3.8) is 0 Å². The summed E-state index contributed by atoms with van der Waals surface area (Å²) < 4.78 is 15.2. The molecule has 1 N–H and O–H groups in total. The van der Waals surface area contributed by atoms with Gasteiger partial charge in [0.05, 0.1) is 5.69 Å². The minimum Gasteiger partial charge on any atom is -0.382 e. The number of aromatic nitrogens is 2. The molecule has 0 saturated heterocycles. The van der Waals surface area contributed by atoms with Crippen LogP contribution < -0.4 is 0 Å². The van der Waals surface area contributed by atoms with E-state index in [2.05, 4.69) is 5.10 Å². The van der Waals surface area contributed by atoms with E-state index in [1.165, 1.54) is 12.1 Å². The monoisotopic (exact) mass is 332 g/mol. The Kier molecular flexibility index (Phi) is 3.25. The summed E-state index contributed by atoms with van der Waals surface area (Å²) in [5.41, 5.74) is 1.23. The van der Waals surface area contributed by atoms with Gasteiger partial charge in [0.2, 0.25) is 0 Å². The molecule has 0 amide bonds. The molecule has 0 aliphatic carbocycles. The predicted octanol–water partition coefficient (Wildman–Crippen LogP) is 2.25. The van der Waals surface area contributed by atoms with E-state index >= 15 is 0 Å². The Balaban J connectivity index is 2.37. The van der Waals surface area contributed by atoms with Gasteiger partial charge in [-0.25, -0.2) is 4.39 Å². The van der Waals surface area contributed by atoms with Gasteiger partial charge in [-0.05, 0) is 40.8 Å². The maximum atomic E-state index is 12.9. The molecule has 2 rings (SSSR count). The minimum absolute atomic E-state index is 0.304. The summed E-state index contributed by atoms with van der Waals surface area (Å²) in [4.78, 5) is 0. The second kappa shape index (κ2) is 4.50. The molecule has 0 aliphatic rings. The van der Waals surface area contributed by atoms with Gasteiger partial charge in [0, 0.05) is 22.4 Å². The number of hydrogen-bond acceptors (Lipinski definition) is 2. The second-order valence-electron chi connectivity index (χ2n) is 3.48. The standard InChI is InChI=1S/C11H10FIN2O/c1-15-5-4-10(14-15)11(16)8-3-2-7(12)6-9(8)13/h2-6,11,16H,1H3. The number of hydrogen-bond donors (Lipinski definition) is 1. The number of benzene rings is 1. The van der Waals surface area contributed by atoms with Crippen molar-refractivity contribution in [2.24, 2.45) is 7.05 Å². The molecular weight excluding hydrogens is 322 g/mol. The molecule has 84 valence electrons. The number of nitrogens with zero attached hydrogens (tertiary/aromatic N) is 2. The molecule has 1 unspecified atom stereocenters. The van der Waals surface area contributed by atoms with Crippen LogP contribution >= 0.6 is 22.6 Å². The zero-order valence-corrected chi connectivity index (χ0v) is 10.7. The summed E-state index contributed by atoms with van der Waals surface area (Å²) in [6, 6.07) is 6.05. The van der Waals surface area contributed by atoms with Crippen molar-refractivity contribution in [1.29, 1.82) is 0 Å². The van der Waals surface area contributed by atoms with Crippen molar-refractivity contribution < 1.29 is 9.50 Å². The van der Waals surface area contributed by atoms with Gasteiger partial charge in [-0.15, -0.1) is 0 Å². The first-order valence-corrected chi connectivity index (χ1v) is 5.78. The average Bonchev–Trinajstić information content (AvgIpc) is 2.64. The van der Waals surface area contributed by atoms with Gasteiger partial charge in [-0.1, -0.05) is 6.07 Å². The van der Waals surface area contributed by atoms with Gasteiger partial charge >= 0.3 is 0 Å². The highest BCUT2D eigenvalue weighted by molar-refractivity contribution is 14.1. The Morgan fingerprint density at radius 1 is 1.44 bits per heavy atom. The molecule has 0 bridgehead atoms. The lowest BCUT2D eigenvalue weighted by Gasteiger charge is -2.10. The van der Waals surface area contributed by atoms with E-state index in [4.69, 9.17) is 0 Å². The zero-order chi connectivity index (χ0) is 11.7. The smallest absolute Gasteiger partial charge is 0.124 e. The first-order chi connectivity index (χ1) is 7.58. The molecule has 16 heavy (non-hydrogen) atoms. The van der Waals surface area contributed by atoms with Crippen LogP contribution in [-0.2, 0) is 7.05 Å². The molecular formula is C11H10FIN2O. The molecule has 0 saturated carbocycles. The maximum Gasteiger partial charge on any atom is 0.124 e. The Morgan fingerprint density at radius 3 is 2.75 bits per heavy atom. The van der Waals surface area contributed by atoms with Crippen LogP contribution in [0.1, 0.15) is 17.4 Å². The average molecular weight is 332 g/mol. The predicted molar refractivity (Wildman–Crippen MR) is 66.4 cm³/mol. The number of aliphatic hydroxyl groups excluding tert-OH is 1. The lowest BCUT2D eigenvalue weighted by atomic mass is 10.1. The van der Waals surface area contributed by atoms with Crippen molar-refractivity contribution in [2.75, 3.05) is 0 Å². The molecule has 3 nitrogen and oxygen atoms in total. The SMILES string of the molecule is Cn1ccc(C(O)c2ccc(F)cc2I)n1. The zero-order valence-electron chi connectivity index (χ0n) is 8.56. The van der Waals surface area contributed by atoms with Gasteiger partial charge in [-0.2, -0.15) is 5.10 Å². The summed E-state index contributed by atoms with van der Waals surface area (Å²) in [7, 11) is 1.78. The molecule has 1 heterocycles. The second-order valence-corrected chi connectivity index (χ2v) is 4.64. The fraction of sp³-hybridized carbons (Fsp3) is 0.182. The van der Waals surface area contributed by atoms with E-state index in [9.17, 15) is 9.50 Å². The number of halogens is 2. The largest absolute Gasteiger partial charge is 0.382 e. The number of aryl methyl sites for hydroxylation is 1. The fourth-order valence-corrected chi connectivity index (χ4v) is 2.23. The maximum absolute atomic E-state index is 12.9. The summed E-state index contributed by atoms with van der Waals surface area (Å²) >= 11 is 2.00. The van der Waals surface area contributed by atoms with Crippen LogP contribution in [0.25, 0.3) is 0 Å². The number of rotatable bonds is 2. The molecule has 2 aromatic rings. The van der Waals surface area contributed by atoms with Crippen molar-refractivity contribution in [2.45, 2.75) is 6.10 Å². The lowest BCUT2D eigenvalue weighted by molar-refractivity contribution is 0.213. The van der Waals surface area contributed by atoms with Gasteiger partial charge in [0.25, 0.3) is 0 Å². The molecule has 0 radical (unpaired) electrons. The van der Waals surface area contributed by atoms with Crippen molar-refractivity contribution in [3.8, 4) is 0 Å². The molecule has 0 fully saturated rings. The Morgan fingerprint density at radius 2 is 2.19 bits per heavy atom. The Bertz CT molecular complexity index is 512. The Labute approximate surface area is 106 Å². The Hall–Kier alpha value is -0.950. The highest BCUT2D eigenvalue weighted by Gasteiger charge is 2.16. The lowest BCUT2D eigenvalue weighted by Crippen LogP contribution is -2.04. The molecule has 0 spiro atoms. The van der Waals surface area contributed by atoms with Crippen LogP contribution in [0.4, 0.5) is 4.39 Å². The van der Waals surface area contributed by atoms with Gasteiger partial charge in [-0.3, -0.25) is 4.68 Å². The van der Waals surface area contributed by atoms with Crippen molar-refractivity contribution >= 4 is 22.6 Å². The minimum atomic E-state index is -0.811. The van der Waals surface area contributed by atoms with E-state index in [-0.39, 0.29) is 5.82 Å².